The molecular weight excluding hydrogens is 573 g/mol. The van der Waals surface area contributed by atoms with Crippen LogP contribution in [0.2, 0.25) is 0 Å². The Hall–Kier alpha value is -4.34. The lowest BCUT2D eigenvalue weighted by Gasteiger charge is -2.31. The molecule has 4 heterocycles. The van der Waals surface area contributed by atoms with Crippen molar-refractivity contribution in [1.82, 2.24) is 29.7 Å². The molecule has 5 aromatic rings. The predicted molar refractivity (Wildman–Crippen MR) is 177 cm³/mol. The van der Waals surface area contributed by atoms with Crippen LogP contribution in [0.15, 0.2) is 55.2 Å². The summed E-state index contributed by atoms with van der Waals surface area (Å²) >= 11 is 0. The van der Waals surface area contributed by atoms with Crippen molar-refractivity contribution >= 4 is 53.1 Å². The zero-order valence-corrected chi connectivity index (χ0v) is 26.3. The second-order valence-electron chi connectivity index (χ2n) is 11.4. The molecule has 2 fully saturated rings. The Labute approximate surface area is 257 Å². The molecule has 226 valence electrons. The quantitative estimate of drug-likeness (QED) is 0.211. The van der Waals surface area contributed by atoms with E-state index >= 15 is 0 Å². The maximum atomic E-state index is 5.90. The summed E-state index contributed by atoms with van der Waals surface area (Å²) < 4.78 is 13.3. The number of hydrogen-bond donors (Lipinski definition) is 2. The Morgan fingerprint density at radius 2 is 1.80 bits per heavy atom. The highest BCUT2D eigenvalue weighted by Gasteiger charge is 2.29. The molecule has 1 aliphatic heterocycles. The molecule has 0 spiro atoms. The van der Waals surface area contributed by atoms with Gasteiger partial charge < -0.3 is 25.0 Å². The van der Waals surface area contributed by atoms with Crippen molar-refractivity contribution in [2.24, 2.45) is 7.05 Å². The van der Waals surface area contributed by atoms with Gasteiger partial charge in [0.05, 0.1) is 43.2 Å². The maximum Gasteiger partial charge on any atom is 0.229 e. The van der Waals surface area contributed by atoms with Gasteiger partial charge in [0.25, 0.3) is 0 Å². The fourth-order valence-electron chi connectivity index (χ4n) is 5.76. The molecule has 2 N–H and O–H groups in total. The highest BCUT2D eigenvalue weighted by atomic mass is 31.1. The van der Waals surface area contributed by atoms with Crippen LogP contribution in [0.3, 0.4) is 0 Å². The fraction of sp³-hybridized carbons (Fsp3) is 0.344. The number of hydrogen-bond acceptors (Lipinski definition) is 10. The third-order valence-corrected chi connectivity index (χ3v) is 9.43. The SMILES string of the molecule is COc1cc(N2CCOCC2)c(-c2cnn(C)c2)cc1Nc1ncc(C2CC2)c(Nc2ccc3nccnc3c2P(C)C)n1. The number of fused-ring (bicyclic) bond motifs is 1. The molecule has 0 unspecified atom stereocenters. The van der Waals surface area contributed by atoms with E-state index in [1.165, 1.54) is 5.30 Å². The minimum Gasteiger partial charge on any atom is -0.494 e. The van der Waals surface area contributed by atoms with E-state index in [1.807, 2.05) is 36.4 Å². The number of morpholine rings is 1. The first kappa shape index (κ1) is 28.4. The molecule has 1 saturated heterocycles. The second-order valence-corrected chi connectivity index (χ2v) is 13.6. The predicted octanol–water partition coefficient (Wildman–Crippen LogP) is 5.40. The van der Waals surface area contributed by atoms with Gasteiger partial charge in [0.1, 0.15) is 11.6 Å². The van der Waals surface area contributed by atoms with Gasteiger partial charge in [-0.3, -0.25) is 14.6 Å². The molecule has 12 heteroatoms. The van der Waals surface area contributed by atoms with E-state index < -0.39 is 7.92 Å². The van der Waals surface area contributed by atoms with Gasteiger partial charge in [-0.05, 0) is 50.3 Å². The second kappa shape index (κ2) is 12.0. The van der Waals surface area contributed by atoms with Crippen molar-refractivity contribution in [3.63, 3.8) is 0 Å². The van der Waals surface area contributed by atoms with Gasteiger partial charge in [-0.1, -0.05) is 7.92 Å². The monoisotopic (exact) mass is 609 g/mol. The summed E-state index contributed by atoms with van der Waals surface area (Å²) in [5.74, 6) is 2.47. The van der Waals surface area contributed by atoms with E-state index in [0.717, 1.165) is 76.5 Å². The molecule has 0 radical (unpaired) electrons. The first-order valence-electron chi connectivity index (χ1n) is 14.8. The molecule has 3 aromatic heterocycles. The maximum absolute atomic E-state index is 5.90. The van der Waals surface area contributed by atoms with Crippen LogP contribution in [-0.4, -0.2) is 76.5 Å². The van der Waals surface area contributed by atoms with Crippen molar-refractivity contribution in [3.05, 3.63) is 60.8 Å². The first-order chi connectivity index (χ1) is 21.5. The van der Waals surface area contributed by atoms with Crippen molar-refractivity contribution in [2.75, 3.05) is 62.3 Å². The molecule has 2 aliphatic rings. The van der Waals surface area contributed by atoms with Crippen molar-refractivity contribution in [3.8, 4) is 16.9 Å². The summed E-state index contributed by atoms with van der Waals surface area (Å²) in [7, 11) is 3.15. The van der Waals surface area contributed by atoms with Gasteiger partial charge in [0.2, 0.25) is 5.95 Å². The Kier molecular flexibility index (Phi) is 7.74. The number of anilines is 5. The molecule has 1 saturated carbocycles. The Bertz CT molecular complexity index is 1820. The lowest BCUT2D eigenvalue weighted by atomic mass is 10.0. The smallest absolute Gasteiger partial charge is 0.229 e. The molecule has 7 rings (SSSR count). The fourth-order valence-corrected chi connectivity index (χ4v) is 6.97. The van der Waals surface area contributed by atoms with E-state index in [-0.39, 0.29) is 0 Å². The average Bonchev–Trinajstić information content (AvgIpc) is 3.80. The Balaban J connectivity index is 1.27. The Morgan fingerprint density at radius 1 is 0.977 bits per heavy atom. The van der Waals surface area contributed by atoms with Crippen LogP contribution >= 0.6 is 7.92 Å². The van der Waals surface area contributed by atoms with E-state index in [2.05, 4.69) is 62.1 Å². The van der Waals surface area contributed by atoms with Crippen molar-refractivity contribution in [2.45, 2.75) is 18.8 Å². The van der Waals surface area contributed by atoms with E-state index in [1.54, 1.807) is 19.5 Å². The molecular formula is C32H36N9O2P. The van der Waals surface area contributed by atoms with Crippen molar-refractivity contribution < 1.29 is 9.47 Å². The molecule has 1 aliphatic carbocycles. The largest absolute Gasteiger partial charge is 0.494 e. The van der Waals surface area contributed by atoms with Gasteiger partial charge >= 0.3 is 0 Å². The van der Waals surface area contributed by atoms with E-state index in [0.29, 0.717) is 30.8 Å². The zero-order chi connectivity index (χ0) is 30.2. The zero-order valence-electron chi connectivity index (χ0n) is 25.4. The lowest BCUT2D eigenvalue weighted by Crippen LogP contribution is -2.36. The third kappa shape index (κ3) is 5.65. The number of methoxy groups -OCH3 is 1. The Morgan fingerprint density at radius 3 is 2.52 bits per heavy atom. The summed E-state index contributed by atoms with van der Waals surface area (Å²) in [6.07, 6.45) is 11.6. The molecule has 44 heavy (non-hydrogen) atoms. The van der Waals surface area contributed by atoms with E-state index in [4.69, 9.17) is 19.4 Å². The first-order valence-corrected chi connectivity index (χ1v) is 17.1. The van der Waals surface area contributed by atoms with Crippen LogP contribution in [0.5, 0.6) is 5.75 Å². The number of nitrogens with zero attached hydrogens (tertiary/aromatic N) is 7. The number of nitrogens with one attached hydrogen (secondary N) is 2. The normalized spacial score (nSPS) is 15.2. The van der Waals surface area contributed by atoms with Crippen molar-refractivity contribution in [1.29, 1.82) is 0 Å². The highest BCUT2D eigenvalue weighted by molar-refractivity contribution is 7.65. The summed E-state index contributed by atoms with van der Waals surface area (Å²) in [5, 5.41) is 12.8. The molecule has 0 amide bonds. The highest BCUT2D eigenvalue weighted by Crippen LogP contribution is 2.45. The van der Waals surface area contributed by atoms with Crippen LogP contribution in [0.1, 0.15) is 24.3 Å². The summed E-state index contributed by atoms with van der Waals surface area (Å²) in [6.45, 7) is 7.48. The number of rotatable bonds is 9. The van der Waals surface area contributed by atoms with Gasteiger partial charge in [-0.2, -0.15) is 10.1 Å². The van der Waals surface area contributed by atoms with E-state index in [9.17, 15) is 0 Å². The minimum absolute atomic E-state index is 0.458. The average molecular weight is 610 g/mol. The minimum atomic E-state index is -0.468. The van der Waals surface area contributed by atoms with Crippen LogP contribution in [0, 0.1) is 0 Å². The number of aromatic nitrogens is 6. The molecule has 11 nitrogen and oxygen atoms in total. The standard InChI is InChI=1S/C32H36N9O2P/c1-40-19-21(17-36-40)22-15-26(28(42-2)16-27(22)41-11-13-43-14-12-41)38-32-35-18-23(20-5-6-20)31(39-32)37-25-8-7-24-29(30(25)44(3)4)34-10-9-33-24/h7-10,15-20H,5-6,11-14H2,1-4H3,(H2,35,37,38,39). The number of ether oxygens (including phenoxy) is 2. The third-order valence-electron chi connectivity index (χ3n) is 8.08. The summed E-state index contributed by atoms with van der Waals surface area (Å²) in [6, 6.07) is 8.30. The van der Waals surface area contributed by atoms with Crippen LogP contribution in [0.25, 0.3) is 22.2 Å². The van der Waals surface area contributed by atoms with Gasteiger partial charge in [-0.15, -0.1) is 0 Å². The van der Waals surface area contributed by atoms with Gasteiger partial charge in [-0.25, -0.2) is 4.98 Å². The molecule has 2 aromatic carbocycles. The van der Waals surface area contributed by atoms with Crippen LogP contribution < -0.4 is 25.6 Å². The van der Waals surface area contributed by atoms with Crippen LogP contribution in [-0.2, 0) is 11.8 Å². The molecule has 0 atom stereocenters. The number of benzene rings is 2. The summed E-state index contributed by atoms with van der Waals surface area (Å²) in [5.41, 5.74) is 7.90. The topological polar surface area (TPSA) is 115 Å². The molecule has 0 bridgehead atoms. The van der Waals surface area contributed by atoms with Gasteiger partial charge in [0, 0.05) is 84.4 Å². The van der Waals surface area contributed by atoms with Gasteiger partial charge in [0.15, 0.2) is 0 Å². The number of aryl methyl sites for hydroxylation is 1. The van der Waals surface area contributed by atoms with Crippen LogP contribution in [0.4, 0.5) is 28.8 Å². The lowest BCUT2D eigenvalue weighted by molar-refractivity contribution is 0.122. The summed E-state index contributed by atoms with van der Waals surface area (Å²) in [4.78, 5) is 21.3.